The highest BCUT2D eigenvalue weighted by Crippen LogP contribution is 2.27. The fraction of sp³-hybridized carbons (Fsp3) is 0.316. The molecule has 0 saturated carbocycles. The van der Waals surface area contributed by atoms with Gasteiger partial charge in [0.25, 0.3) is 0 Å². The van der Waals surface area contributed by atoms with E-state index in [1.807, 2.05) is 17.0 Å². The number of nitriles is 1. The third-order valence-electron chi connectivity index (χ3n) is 4.64. The van der Waals surface area contributed by atoms with Gasteiger partial charge in [-0.15, -0.1) is 0 Å². The average Bonchev–Trinajstić information content (AvgIpc) is 2.61. The summed E-state index contributed by atoms with van der Waals surface area (Å²) in [7, 11) is 0. The second-order valence-electron chi connectivity index (χ2n) is 6.00. The molecule has 0 bridgehead atoms. The SMILES string of the molecule is C[C@H](c1cccc(F)c1)N1CCN(c2cccc(F)c2C#N)CC1. The van der Waals surface area contributed by atoms with E-state index in [2.05, 4.69) is 11.8 Å². The second kappa shape index (κ2) is 6.98. The van der Waals surface area contributed by atoms with E-state index in [9.17, 15) is 14.0 Å². The van der Waals surface area contributed by atoms with Crippen LogP contribution in [-0.2, 0) is 0 Å². The largest absolute Gasteiger partial charge is 0.368 e. The third kappa shape index (κ3) is 3.24. The Bertz CT molecular complexity index is 761. The van der Waals surface area contributed by atoms with Crippen molar-refractivity contribution < 1.29 is 8.78 Å². The highest BCUT2D eigenvalue weighted by molar-refractivity contribution is 5.60. The van der Waals surface area contributed by atoms with Crippen molar-refractivity contribution in [2.45, 2.75) is 13.0 Å². The molecule has 1 aliphatic rings. The van der Waals surface area contributed by atoms with Crippen LogP contribution < -0.4 is 4.90 Å². The molecule has 0 amide bonds. The van der Waals surface area contributed by atoms with Crippen molar-refractivity contribution in [3.05, 3.63) is 65.2 Å². The maximum Gasteiger partial charge on any atom is 0.143 e. The molecule has 1 aliphatic heterocycles. The number of benzene rings is 2. The number of piperazine rings is 1. The summed E-state index contributed by atoms with van der Waals surface area (Å²) in [6.45, 7) is 5.03. The molecule has 124 valence electrons. The van der Waals surface area contributed by atoms with Crippen LogP contribution >= 0.6 is 0 Å². The van der Waals surface area contributed by atoms with Gasteiger partial charge in [-0.2, -0.15) is 5.26 Å². The van der Waals surface area contributed by atoms with E-state index in [0.717, 1.165) is 18.7 Å². The summed E-state index contributed by atoms with van der Waals surface area (Å²) in [5, 5.41) is 9.18. The van der Waals surface area contributed by atoms with Crippen LogP contribution in [-0.4, -0.2) is 31.1 Å². The Morgan fingerprint density at radius 3 is 2.42 bits per heavy atom. The molecule has 1 saturated heterocycles. The zero-order chi connectivity index (χ0) is 17.1. The standard InChI is InChI=1S/C19H19F2N3/c1-14(15-4-2-5-16(20)12-15)23-8-10-24(11-9-23)19-7-3-6-18(21)17(19)13-22/h2-7,12,14H,8-11H2,1H3/t14-/m1/s1. The Kier molecular flexibility index (Phi) is 4.77. The highest BCUT2D eigenvalue weighted by Gasteiger charge is 2.24. The minimum absolute atomic E-state index is 0.101. The van der Waals surface area contributed by atoms with E-state index in [1.165, 1.54) is 12.1 Å². The molecule has 0 radical (unpaired) electrons. The summed E-state index contributed by atoms with van der Waals surface area (Å²) in [6.07, 6.45) is 0. The van der Waals surface area contributed by atoms with Crippen LogP contribution in [0.5, 0.6) is 0 Å². The van der Waals surface area contributed by atoms with Crippen molar-refractivity contribution >= 4 is 5.69 Å². The number of anilines is 1. The Labute approximate surface area is 140 Å². The van der Waals surface area contributed by atoms with Gasteiger partial charge >= 0.3 is 0 Å². The van der Waals surface area contributed by atoms with Gasteiger partial charge in [0.1, 0.15) is 23.3 Å². The second-order valence-corrected chi connectivity index (χ2v) is 6.00. The normalized spacial score (nSPS) is 16.7. The quantitative estimate of drug-likeness (QED) is 0.861. The van der Waals surface area contributed by atoms with Crippen molar-refractivity contribution in [2.24, 2.45) is 0 Å². The van der Waals surface area contributed by atoms with Gasteiger partial charge in [0, 0.05) is 32.2 Å². The van der Waals surface area contributed by atoms with Gasteiger partial charge in [-0.25, -0.2) is 8.78 Å². The fourth-order valence-electron chi connectivity index (χ4n) is 3.21. The van der Waals surface area contributed by atoms with Crippen LogP contribution in [0.3, 0.4) is 0 Å². The van der Waals surface area contributed by atoms with Crippen molar-refractivity contribution in [2.75, 3.05) is 31.1 Å². The zero-order valence-corrected chi connectivity index (χ0v) is 13.5. The molecule has 0 aliphatic carbocycles. The molecule has 24 heavy (non-hydrogen) atoms. The Morgan fingerprint density at radius 2 is 1.75 bits per heavy atom. The minimum atomic E-state index is -0.481. The Balaban J connectivity index is 1.70. The first-order valence-electron chi connectivity index (χ1n) is 8.03. The van der Waals surface area contributed by atoms with Crippen LogP contribution in [0.2, 0.25) is 0 Å². The Morgan fingerprint density at radius 1 is 1.04 bits per heavy atom. The predicted molar refractivity (Wildman–Crippen MR) is 89.7 cm³/mol. The molecule has 5 heteroatoms. The molecule has 0 aromatic heterocycles. The van der Waals surface area contributed by atoms with Crippen LogP contribution in [0.4, 0.5) is 14.5 Å². The van der Waals surface area contributed by atoms with Crippen LogP contribution in [0.25, 0.3) is 0 Å². The van der Waals surface area contributed by atoms with Gasteiger partial charge in [-0.3, -0.25) is 4.90 Å². The Hall–Kier alpha value is -2.45. The first-order chi connectivity index (χ1) is 11.6. The lowest BCUT2D eigenvalue weighted by Crippen LogP contribution is -2.47. The van der Waals surface area contributed by atoms with Gasteiger partial charge < -0.3 is 4.90 Å². The monoisotopic (exact) mass is 327 g/mol. The molecule has 1 atom stereocenters. The van der Waals surface area contributed by atoms with E-state index >= 15 is 0 Å². The van der Waals surface area contributed by atoms with Gasteiger partial charge in [-0.1, -0.05) is 18.2 Å². The first kappa shape index (κ1) is 16.4. The zero-order valence-electron chi connectivity index (χ0n) is 13.5. The number of hydrogen-bond donors (Lipinski definition) is 0. The van der Waals surface area contributed by atoms with Gasteiger partial charge in [-0.05, 0) is 36.8 Å². The molecule has 1 heterocycles. The summed E-state index contributed by atoms with van der Waals surface area (Å²) < 4.78 is 27.2. The first-order valence-corrected chi connectivity index (χ1v) is 8.03. The molecule has 0 N–H and O–H groups in total. The molecule has 3 nitrogen and oxygen atoms in total. The molecule has 3 rings (SSSR count). The van der Waals surface area contributed by atoms with Gasteiger partial charge in [0.15, 0.2) is 0 Å². The van der Waals surface area contributed by atoms with Crippen molar-refractivity contribution in [1.82, 2.24) is 4.90 Å². The topological polar surface area (TPSA) is 30.3 Å². The molecule has 1 fully saturated rings. The lowest BCUT2D eigenvalue weighted by Gasteiger charge is -2.39. The molecular formula is C19H19F2N3. The lowest BCUT2D eigenvalue weighted by molar-refractivity contribution is 0.198. The predicted octanol–water partition coefficient (Wildman–Crippen LogP) is 3.72. The van der Waals surface area contributed by atoms with E-state index in [4.69, 9.17) is 0 Å². The third-order valence-corrected chi connectivity index (χ3v) is 4.64. The fourth-order valence-corrected chi connectivity index (χ4v) is 3.21. The van der Waals surface area contributed by atoms with Crippen molar-refractivity contribution in [1.29, 1.82) is 5.26 Å². The van der Waals surface area contributed by atoms with Crippen molar-refractivity contribution in [3.8, 4) is 6.07 Å². The number of rotatable bonds is 3. The van der Waals surface area contributed by atoms with Crippen molar-refractivity contribution in [3.63, 3.8) is 0 Å². The highest BCUT2D eigenvalue weighted by atomic mass is 19.1. The van der Waals surface area contributed by atoms with Crippen LogP contribution in [0, 0.1) is 23.0 Å². The summed E-state index contributed by atoms with van der Waals surface area (Å²) in [5.41, 5.74) is 1.70. The van der Waals surface area contributed by atoms with E-state index in [1.54, 1.807) is 24.3 Å². The van der Waals surface area contributed by atoms with E-state index in [-0.39, 0.29) is 17.4 Å². The van der Waals surface area contributed by atoms with E-state index < -0.39 is 5.82 Å². The van der Waals surface area contributed by atoms with E-state index in [0.29, 0.717) is 18.8 Å². The smallest absolute Gasteiger partial charge is 0.143 e. The summed E-state index contributed by atoms with van der Waals surface area (Å²) in [6, 6.07) is 13.5. The number of hydrogen-bond acceptors (Lipinski definition) is 3. The summed E-state index contributed by atoms with van der Waals surface area (Å²) in [5.74, 6) is -0.707. The maximum atomic E-state index is 13.8. The van der Waals surface area contributed by atoms with Crippen LogP contribution in [0.1, 0.15) is 24.1 Å². The molecule has 2 aromatic rings. The summed E-state index contributed by atoms with van der Waals surface area (Å²) >= 11 is 0. The molecule has 2 aromatic carbocycles. The minimum Gasteiger partial charge on any atom is -0.368 e. The molecule has 0 spiro atoms. The summed E-state index contributed by atoms with van der Waals surface area (Å²) in [4.78, 5) is 4.31. The average molecular weight is 327 g/mol. The molecule has 0 unspecified atom stereocenters. The van der Waals surface area contributed by atoms with Gasteiger partial charge in [0.2, 0.25) is 0 Å². The van der Waals surface area contributed by atoms with Crippen LogP contribution in [0.15, 0.2) is 42.5 Å². The van der Waals surface area contributed by atoms with Gasteiger partial charge in [0.05, 0.1) is 5.69 Å². The number of halogens is 2. The molecular weight excluding hydrogens is 308 g/mol. The lowest BCUT2D eigenvalue weighted by atomic mass is 10.1. The maximum absolute atomic E-state index is 13.8. The number of nitrogens with zero attached hydrogens (tertiary/aromatic N) is 3.